The SMILES string of the molecule is Cc1ccc(C2CCNCC2)cc1OC(F)F. The maximum atomic E-state index is 12.2. The minimum Gasteiger partial charge on any atom is -0.435 e. The monoisotopic (exact) mass is 241 g/mol. The van der Waals surface area contributed by atoms with Crippen LogP contribution in [0.2, 0.25) is 0 Å². The van der Waals surface area contributed by atoms with Gasteiger partial charge in [-0.3, -0.25) is 0 Å². The molecule has 0 amide bonds. The van der Waals surface area contributed by atoms with E-state index in [1.165, 1.54) is 0 Å². The molecule has 2 nitrogen and oxygen atoms in total. The van der Waals surface area contributed by atoms with E-state index in [0.717, 1.165) is 37.1 Å². The minimum atomic E-state index is -2.75. The molecule has 0 radical (unpaired) electrons. The first-order chi connectivity index (χ1) is 8.16. The van der Waals surface area contributed by atoms with Crippen molar-refractivity contribution in [3.05, 3.63) is 29.3 Å². The maximum Gasteiger partial charge on any atom is 0.387 e. The summed E-state index contributed by atoms with van der Waals surface area (Å²) in [6.45, 7) is 1.01. The number of hydrogen-bond donors (Lipinski definition) is 1. The third-order valence-electron chi connectivity index (χ3n) is 3.24. The van der Waals surface area contributed by atoms with Gasteiger partial charge < -0.3 is 10.1 Å². The number of halogens is 2. The van der Waals surface area contributed by atoms with E-state index in [-0.39, 0.29) is 0 Å². The number of aryl methyl sites for hydroxylation is 1. The summed E-state index contributed by atoms with van der Waals surface area (Å²) in [5.41, 5.74) is 1.86. The van der Waals surface area contributed by atoms with Crippen molar-refractivity contribution in [3.8, 4) is 5.75 Å². The highest BCUT2D eigenvalue weighted by Crippen LogP contribution is 2.30. The second kappa shape index (κ2) is 5.45. The number of nitrogens with one attached hydrogen (secondary N) is 1. The van der Waals surface area contributed by atoms with E-state index in [9.17, 15) is 8.78 Å². The van der Waals surface area contributed by atoms with Crippen LogP contribution in [0.4, 0.5) is 8.78 Å². The molecular weight excluding hydrogens is 224 g/mol. The van der Waals surface area contributed by atoms with Crippen LogP contribution in [0.3, 0.4) is 0 Å². The van der Waals surface area contributed by atoms with E-state index in [1.54, 1.807) is 13.0 Å². The Morgan fingerprint density at radius 2 is 2.00 bits per heavy atom. The number of hydrogen-bond acceptors (Lipinski definition) is 2. The van der Waals surface area contributed by atoms with Gasteiger partial charge in [0.2, 0.25) is 0 Å². The summed E-state index contributed by atoms with van der Waals surface area (Å²) < 4.78 is 29.0. The fourth-order valence-corrected chi connectivity index (χ4v) is 2.25. The highest BCUT2D eigenvalue weighted by atomic mass is 19.3. The number of rotatable bonds is 3. The number of benzene rings is 1. The average molecular weight is 241 g/mol. The Labute approximate surface area is 100.0 Å². The summed E-state index contributed by atoms with van der Waals surface area (Å²) in [6, 6.07) is 5.64. The van der Waals surface area contributed by atoms with Gasteiger partial charge >= 0.3 is 6.61 Å². The summed E-state index contributed by atoms with van der Waals surface area (Å²) in [5, 5.41) is 3.29. The standard InChI is InChI=1S/C13H17F2NO/c1-9-2-3-11(8-12(9)17-13(14)15)10-4-6-16-7-5-10/h2-3,8,10,13,16H,4-7H2,1H3. The van der Waals surface area contributed by atoms with Crippen molar-refractivity contribution in [1.82, 2.24) is 5.32 Å². The van der Waals surface area contributed by atoms with E-state index in [4.69, 9.17) is 0 Å². The van der Waals surface area contributed by atoms with Crippen LogP contribution in [0.25, 0.3) is 0 Å². The third-order valence-corrected chi connectivity index (χ3v) is 3.24. The first-order valence-corrected chi connectivity index (χ1v) is 5.93. The smallest absolute Gasteiger partial charge is 0.387 e. The van der Waals surface area contributed by atoms with Crippen molar-refractivity contribution >= 4 is 0 Å². The van der Waals surface area contributed by atoms with Gasteiger partial charge in [0, 0.05) is 0 Å². The van der Waals surface area contributed by atoms with Crippen LogP contribution in [-0.4, -0.2) is 19.7 Å². The molecule has 94 valence electrons. The van der Waals surface area contributed by atoms with Crippen molar-refractivity contribution < 1.29 is 13.5 Å². The van der Waals surface area contributed by atoms with E-state index >= 15 is 0 Å². The molecule has 0 atom stereocenters. The molecule has 1 fully saturated rings. The highest BCUT2D eigenvalue weighted by molar-refractivity contribution is 5.38. The summed E-state index contributed by atoms with van der Waals surface area (Å²) in [6.07, 6.45) is 2.11. The molecule has 1 heterocycles. The molecule has 1 N–H and O–H groups in total. The Morgan fingerprint density at radius 1 is 1.29 bits per heavy atom. The lowest BCUT2D eigenvalue weighted by Crippen LogP contribution is -2.26. The molecule has 1 saturated heterocycles. The van der Waals surface area contributed by atoms with Gasteiger partial charge in [-0.1, -0.05) is 12.1 Å². The van der Waals surface area contributed by atoms with Gasteiger partial charge in [0.05, 0.1) is 0 Å². The number of ether oxygens (including phenoxy) is 1. The average Bonchev–Trinajstić information content (AvgIpc) is 2.32. The van der Waals surface area contributed by atoms with Gasteiger partial charge in [0.25, 0.3) is 0 Å². The van der Waals surface area contributed by atoms with Crippen LogP contribution in [0.5, 0.6) is 5.75 Å². The van der Waals surface area contributed by atoms with Gasteiger partial charge in [-0.15, -0.1) is 0 Å². The summed E-state index contributed by atoms with van der Waals surface area (Å²) in [5.74, 6) is 0.757. The Hall–Kier alpha value is -1.16. The first-order valence-electron chi connectivity index (χ1n) is 5.93. The van der Waals surface area contributed by atoms with Crippen molar-refractivity contribution in [3.63, 3.8) is 0 Å². The largest absolute Gasteiger partial charge is 0.435 e. The van der Waals surface area contributed by atoms with Crippen LogP contribution in [0.15, 0.2) is 18.2 Å². The van der Waals surface area contributed by atoms with Crippen LogP contribution in [0.1, 0.15) is 29.9 Å². The van der Waals surface area contributed by atoms with Crippen molar-refractivity contribution in [2.45, 2.75) is 32.3 Å². The predicted molar refractivity (Wildman–Crippen MR) is 62.7 cm³/mol. The second-order valence-corrected chi connectivity index (χ2v) is 4.43. The van der Waals surface area contributed by atoms with Gasteiger partial charge in [-0.2, -0.15) is 8.78 Å². The van der Waals surface area contributed by atoms with E-state index < -0.39 is 6.61 Å². The molecule has 17 heavy (non-hydrogen) atoms. The van der Waals surface area contributed by atoms with E-state index in [0.29, 0.717) is 11.7 Å². The van der Waals surface area contributed by atoms with Crippen molar-refractivity contribution in [2.24, 2.45) is 0 Å². The molecule has 1 aliphatic heterocycles. The third kappa shape index (κ3) is 3.16. The molecule has 0 saturated carbocycles. The highest BCUT2D eigenvalue weighted by Gasteiger charge is 2.17. The quantitative estimate of drug-likeness (QED) is 0.878. The Kier molecular flexibility index (Phi) is 3.94. The topological polar surface area (TPSA) is 21.3 Å². The maximum absolute atomic E-state index is 12.2. The molecule has 1 aromatic carbocycles. The molecule has 0 spiro atoms. The zero-order chi connectivity index (χ0) is 12.3. The minimum absolute atomic E-state index is 0.302. The summed E-state index contributed by atoms with van der Waals surface area (Å²) in [7, 11) is 0. The van der Waals surface area contributed by atoms with Crippen LogP contribution >= 0.6 is 0 Å². The van der Waals surface area contributed by atoms with E-state index in [2.05, 4.69) is 10.1 Å². The second-order valence-electron chi connectivity index (χ2n) is 4.43. The lowest BCUT2D eigenvalue weighted by molar-refractivity contribution is -0.0503. The number of piperidine rings is 1. The Morgan fingerprint density at radius 3 is 2.65 bits per heavy atom. The molecule has 2 rings (SSSR count). The molecule has 0 bridgehead atoms. The molecule has 0 aliphatic carbocycles. The fraction of sp³-hybridized carbons (Fsp3) is 0.538. The van der Waals surface area contributed by atoms with E-state index in [1.807, 2.05) is 12.1 Å². The summed E-state index contributed by atoms with van der Waals surface area (Å²) >= 11 is 0. The van der Waals surface area contributed by atoms with Gasteiger partial charge in [-0.25, -0.2) is 0 Å². The van der Waals surface area contributed by atoms with Gasteiger partial charge in [0.1, 0.15) is 5.75 Å². The Balaban J connectivity index is 2.17. The van der Waals surface area contributed by atoms with Gasteiger partial charge in [-0.05, 0) is 56.0 Å². The molecule has 1 aliphatic rings. The lowest BCUT2D eigenvalue weighted by atomic mass is 9.89. The molecule has 0 unspecified atom stereocenters. The normalized spacial score (nSPS) is 17.4. The fourth-order valence-electron chi connectivity index (χ4n) is 2.25. The van der Waals surface area contributed by atoms with Crippen LogP contribution < -0.4 is 10.1 Å². The zero-order valence-corrected chi connectivity index (χ0v) is 9.88. The molecule has 0 aromatic heterocycles. The summed E-state index contributed by atoms with van der Waals surface area (Å²) in [4.78, 5) is 0. The lowest BCUT2D eigenvalue weighted by Gasteiger charge is -2.23. The van der Waals surface area contributed by atoms with Crippen molar-refractivity contribution in [1.29, 1.82) is 0 Å². The molecule has 1 aromatic rings. The molecule has 4 heteroatoms. The van der Waals surface area contributed by atoms with Gasteiger partial charge in [0.15, 0.2) is 0 Å². The van der Waals surface area contributed by atoms with Crippen LogP contribution in [-0.2, 0) is 0 Å². The van der Waals surface area contributed by atoms with Crippen molar-refractivity contribution in [2.75, 3.05) is 13.1 Å². The van der Waals surface area contributed by atoms with Crippen LogP contribution in [0, 0.1) is 6.92 Å². The predicted octanol–water partition coefficient (Wildman–Crippen LogP) is 3.06. The zero-order valence-electron chi connectivity index (χ0n) is 9.88. The number of alkyl halides is 2. The molecular formula is C13H17F2NO. The Bertz CT molecular complexity index is 376. The first kappa shape index (κ1) is 12.3.